The van der Waals surface area contributed by atoms with Gasteiger partial charge in [-0.3, -0.25) is 9.78 Å². The van der Waals surface area contributed by atoms with Crippen molar-refractivity contribution in [1.82, 2.24) is 4.98 Å². The highest BCUT2D eigenvalue weighted by Crippen LogP contribution is 2.32. The Kier molecular flexibility index (Phi) is 3.43. The molecule has 1 fully saturated rings. The number of nitrogens with zero attached hydrogens (tertiary/aromatic N) is 1. The van der Waals surface area contributed by atoms with Crippen LogP contribution in [0.3, 0.4) is 0 Å². The lowest BCUT2D eigenvalue weighted by atomic mass is 9.97. The summed E-state index contributed by atoms with van der Waals surface area (Å²) in [4.78, 5) is 15.8. The third kappa shape index (κ3) is 3.03. The van der Waals surface area contributed by atoms with E-state index in [2.05, 4.69) is 10.3 Å². The number of carbonyl (C=O) groups is 1. The van der Waals surface area contributed by atoms with Crippen molar-refractivity contribution in [3.05, 3.63) is 24.0 Å². The van der Waals surface area contributed by atoms with Gasteiger partial charge in [0.1, 0.15) is 0 Å². The molecular weight excluding hydrogens is 216 g/mol. The topological polar surface area (TPSA) is 62.2 Å². The van der Waals surface area contributed by atoms with Crippen LogP contribution in [0.15, 0.2) is 18.5 Å². The molecule has 0 spiro atoms. The van der Waals surface area contributed by atoms with E-state index in [4.69, 9.17) is 0 Å². The molecule has 0 saturated heterocycles. The van der Waals surface area contributed by atoms with Crippen LogP contribution in [-0.4, -0.2) is 21.6 Å². The van der Waals surface area contributed by atoms with Crippen molar-refractivity contribution < 1.29 is 9.90 Å². The molecule has 2 rings (SSSR count). The second kappa shape index (κ2) is 4.84. The SMILES string of the molecule is Cc1cnccc1NC(=O)CC1(O)CCCC1. The Balaban J connectivity index is 1.96. The third-order valence-corrected chi connectivity index (χ3v) is 3.32. The van der Waals surface area contributed by atoms with Crippen molar-refractivity contribution in [1.29, 1.82) is 0 Å². The standard InChI is InChI=1S/C13H18N2O2/c1-10-9-14-7-4-11(10)15-12(16)8-13(17)5-2-3-6-13/h4,7,9,17H,2-3,5-6,8H2,1H3,(H,14,15,16). The van der Waals surface area contributed by atoms with Gasteiger partial charge in [0, 0.05) is 18.1 Å². The van der Waals surface area contributed by atoms with Crippen molar-refractivity contribution >= 4 is 11.6 Å². The monoisotopic (exact) mass is 234 g/mol. The fourth-order valence-electron chi connectivity index (χ4n) is 2.32. The van der Waals surface area contributed by atoms with Gasteiger partial charge >= 0.3 is 0 Å². The van der Waals surface area contributed by atoms with Crippen LogP contribution in [0.1, 0.15) is 37.7 Å². The van der Waals surface area contributed by atoms with Gasteiger partial charge in [0.15, 0.2) is 0 Å². The van der Waals surface area contributed by atoms with Gasteiger partial charge in [-0.05, 0) is 31.4 Å². The fraction of sp³-hybridized carbons (Fsp3) is 0.538. The summed E-state index contributed by atoms with van der Waals surface area (Å²) in [7, 11) is 0. The number of rotatable bonds is 3. The molecular formula is C13H18N2O2. The van der Waals surface area contributed by atoms with Gasteiger partial charge in [0.2, 0.25) is 5.91 Å². The van der Waals surface area contributed by atoms with E-state index in [1.807, 2.05) is 6.92 Å². The number of carbonyl (C=O) groups excluding carboxylic acids is 1. The first-order valence-corrected chi connectivity index (χ1v) is 6.02. The molecule has 1 amide bonds. The van der Waals surface area contributed by atoms with Crippen molar-refractivity contribution in [3.8, 4) is 0 Å². The molecule has 0 bridgehead atoms. The summed E-state index contributed by atoms with van der Waals surface area (Å²) in [5, 5.41) is 13.0. The van der Waals surface area contributed by atoms with Crippen LogP contribution < -0.4 is 5.32 Å². The molecule has 1 aliphatic carbocycles. The third-order valence-electron chi connectivity index (χ3n) is 3.32. The number of anilines is 1. The first kappa shape index (κ1) is 12.0. The van der Waals surface area contributed by atoms with Crippen LogP contribution in [0.25, 0.3) is 0 Å². The first-order valence-electron chi connectivity index (χ1n) is 6.02. The lowest BCUT2D eigenvalue weighted by Crippen LogP contribution is -2.30. The number of aliphatic hydroxyl groups is 1. The normalized spacial score (nSPS) is 18.0. The number of aryl methyl sites for hydroxylation is 1. The summed E-state index contributed by atoms with van der Waals surface area (Å²) in [6.45, 7) is 1.90. The average molecular weight is 234 g/mol. The van der Waals surface area contributed by atoms with Crippen LogP contribution in [0.4, 0.5) is 5.69 Å². The van der Waals surface area contributed by atoms with E-state index in [0.717, 1.165) is 36.9 Å². The zero-order valence-electron chi connectivity index (χ0n) is 10.1. The highest BCUT2D eigenvalue weighted by Gasteiger charge is 2.33. The molecule has 1 heterocycles. The van der Waals surface area contributed by atoms with E-state index in [1.165, 1.54) is 0 Å². The molecule has 0 aliphatic heterocycles. The van der Waals surface area contributed by atoms with E-state index < -0.39 is 5.60 Å². The number of hydrogen-bond donors (Lipinski definition) is 2. The Labute approximate surface area is 101 Å². The second-order valence-corrected chi connectivity index (χ2v) is 4.85. The van der Waals surface area contributed by atoms with Crippen molar-refractivity contribution in [2.75, 3.05) is 5.32 Å². The molecule has 1 aliphatic rings. The number of pyridine rings is 1. The minimum absolute atomic E-state index is 0.122. The first-order chi connectivity index (χ1) is 8.09. The van der Waals surface area contributed by atoms with E-state index in [9.17, 15) is 9.90 Å². The second-order valence-electron chi connectivity index (χ2n) is 4.85. The molecule has 0 radical (unpaired) electrons. The molecule has 1 saturated carbocycles. The lowest BCUT2D eigenvalue weighted by molar-refractivity contribution is -0.120. The average Bonchev–Trinajstić information content (AvgIpc) is 2.68. The van der Waals surface area contributed by atoms with Gasteiger partial charge in [0.05, 0.1) is 12.0 Å². The molecule has 0 atom stereocenters. The lowest BCUT2D eigenvalue weighted by Gasteiger charge is -2.21. The van der Waals surface area contributed by atoms with Gasteiger partial charge < -0.3 is 10.4 Å². The summed E-state index contributed by atoms with van der Waals surface area (Å²) in [5.74, 6) is -0.122. The predicted molar refractivity (Wildman–Crippen MR) is 65.6 cm³/mol. The van der Waals surface area contributed by atoms with Crippen LogP contribution in [0.2, 0.25) is 0 Å². The number of hydrogen-bond acceptors (Lipinski definition) is 3. The zero-order chi connectivity index (χ0) is 12.3. The number of aromatic nitrogens is 1. The Hall–Kier alpha value is -1.42. The Morgan fingerprint density at radius 1 is 1.53 bits per heavy atom. The van der Waals surface area contributed by atoms with E-state index in [-0.39, 0.29) is 12.3 Å². The van der Waals surface area contributed by atoms with Crippen molar-refractivity contribution in [2.24, 2.45) is 0 Å². The highest BCUT2D eigenvalue weighted by molar-refractivity contribution is 5.92. The fourth-order valence-corrected chi connectivity index (χ4v) is 2.32. The molecule has 1 aromatic rings. The maximum absolute atomic E-state index is 11.8. The minimum atomic E-state index is -0.787. The Morgan fingerprint density at radius 2 is 2.24 bits per heavy atom. The minimum Gasteiger partial charge on any atom is -0.389 e. The predicted octanol–water partition coefficient (Wildman–Crippen LogP) is 2.02. The van der Waals surface area contributed by atoms with E-state index in [1.54, 1.807) is 18.5 Å². The van der Waals surface area contributed by atoms with Gasteiger partial charge in [-0.2, -0.15) is 0 Å². The van der Waals surface area contributed by atoms with Gasteiger partial charge in [-0.15, -0.1) is 0 Å². The molecule has 0 aromatic carbocycles. The van der Waals surface area contributed by atoms with Gasteiger partial charge in [-0.25, -0.2) is 0 Å². The molecule has 4 heteroatoms. The van der Waals surface area contributed by atoms with E-state index in [0.29, 0.717) is 0 Å². The summed E-state index contributed by atoms with van der Waals surface area (Å²) in [6.07, 6.45) is 7.03. The van der Waals surface area contributed by atoms with Crippen LogP contribution >= 0.6 is 0 Å². The Morgan fingerprint density at radius 3 is 2.88 bits per heavy atom. The molecule has 4 nitrogen and oxygen atoms in total. The number of nitrogens with one attached hydrogen (secondary N) is 1. The summed E-state index contributed by atoms with van der Waals surface area (Å²) < 4.78 is 0. The summed E-state index contributed by atoms with van der Waals surface area (Å²) >= 11 is 0. The molecule has 17 heavy (non-hydrogen) atoms. The van der Waals surface area contributed by atoms with Gasteiger partial charge in [-0.1, -0.05) is 12.8 Å². The number of amides is 1. The summed E-state index contributed by atoms with van der Waals surface area (Å²) in [6, 6.07) is 1.77. The zero-order valence-corrected chi connectivity index (χ0v) is 10.1. The van der Waals surface area contributed by atoms with Crippen LogP contribution in [-0.2, 0) is 4.79 Å². The molecule has 0 unspecified atom stereocenters. The van der Waals surface area contributed by atoms with E-state index >= 15 is 0 Å². The highest BCUT2D eigenvalue weighted by atomic mass is 16.3. The quantitative estimate of drug-likeness (QED) is 0.841. The molecule has 2 N–H and O–H groups in total. The van der Waals surface area contributed by atoms with Gasteiger partial charge in [0.25, 0.3) is 0 Å². The van der Waals surface area contributed by atoms with Crippen molar-refractivity contribution in [3.63, 3.8) is 0 Å². The largest absolute Gasteiger partial charge is 0.389 e. The van der Waals surface area contributed by atoms with Crippen LogP contribution in [0.5, 0.6) is 0 Å². The smallest absolute Gasteiger partial charge is 0.227 e. The molecule has 1 aromatic heterocycles. The van der Waals surface area contributed by atoms with Crippen molar-refractivity contribution in [2.45, 2.75) is 44.6 Å². The molecule has 92 valence electrons. The maximum atomic E-state index is 11.8. The maximum Gasteiger partial charge on any atom is 0.227 e. The van der Waals surface area contributed by atoms with Crippen LogP contribution in [0, 0.1) is 6.92 Å². The Bertz CT molecular complexity index is 412. The summed E-state index contributed by atoms with van der Waals surface area (Å²) in [5.41, 5.74) is 0.913.